The van der Waals surface area contributed by atoms with Gasteiger partial charge in [0.2, 0.25) is 5.91 Å². The van der Waals surface area contributed by atoms with Gasteiger partial charge in [-0.2, -0.15) is 0 Å². The molecule has 112 valence electrons. The molecule has 0 radical (unpaired) electrons. The van der Waals surface area contributed by atoms with E-state index in [2.05, 4.69) is 15.0 Å². The number of amides is 1. The van der Waals surface area contributed by atoms with Gasteiger partial charge in [-0.15, -0.1) is 0 Å². The highest BCUT2D eigenvalue weighted by atomic mass is 16.6. The van der Waals surface area contributed by atoms with Gasteiger partial charge in [0.1, 0.15) is 23.5 Å². The van der Waals surface area contributed by atoms with Crippen LogP contribution in [0.15, 0.2) is 6.33 Å². The van der Waals surface area contributed by atoms with E-state index in [1.54, 1.807) is 6.92 Å². The zero-order valence-corrected chi connectivity index (χ0v) is 11.0. The maximum atomic E-state index is 11.2. The molecule has 1 aliphatic rings. The lowest BCUT2D eigenvalue weighted by Crippen LogP contribution is -2.39. The SMILES string of the molecule is Cc1nc(N)c2ncn(C3O[C@H](C(N)=O)[C@@H](O)[C@H]3O)c2n1. The van der Waals surface area contributed by atoms with E-state index < -0.39 is 30.4 Å². The number of aryl methyl sites for hydroxylation is 1. The predicted molar refractivity (Wildman–Crippen MR) is 69.6 cm³/mol. The fourth-order valence-electron chi connectivity index (χ4n) is 2.36. The molecule has 1 amide bonds. The Balaban J connectivity index is 2.07. The van der Waals surface area contributed by atoms with Gasteiger partial charge in [-0.05, 0) is 6.92 Å². The minimum absolute atomic E-state index is 0.190. The minimum Gasteiger partial charge on any atom is -0.387 e. The second kappa shape index (κ2) is 4.62. The molecule has 0 aromatic carbocycles. The van der Waals surface area contributed by atoms with Crippen LogP contribution in [0.2, 0.25) is 0 Å². The fraction of sp³-hybridized carbons (Fsp3) is 0.455. The van der Waals surface area contributed by atoms with Crippen LogP contribution in [0.1, 0.15) is 12.1 Å². The summed E-state index contributed by atoms with van der Waals surface area (Å²) in [5, 5.41) is 19.9. The molecule has 1 saturated heterocycles. The third kappa shape index (κ3) is 2.00. The number of aromatic nitrogens is 4. The summed E-state index contributed by atoms with van der Waals surface area (Å²) in [5.41, 5.74) is 11.5. The first-order chi connectivity index (χ1) is 9.90. The number of nitrogen functional groups attached to an aromatic ring is 1. The summed E-state index contributed by atoms with van der Waals surface area (Å²) in [6, 6.07) is 0. The van der Waals surface area contributed by atoms with Crippen molar-refractivity contribution in [3.05, 3.63) is 12.2 Å². The molecule has 4 atom stereocenters. The van der Waals surface area contributed by atoms with Gasteiger partial charge in [-0.3, -0.25) is 9.36 Å². The number of nitrogens with two attached hydrogens (primary N) is 2. The Morgan fingerprint density at radius 2 is 2.10 bits per heavy atom. The van der Waals surface area contributed by atoms with E-state index in [1.165, 1.54) is 10.9 Å². The number of aliphatic hydroxyl groups excluding tert-OH is 2. The summed E-state index contributed by atoms with van der Waals surface area (Å²) in [4.78, 5) is 23.4. The predicted octanol–water partition coefficient (Wildman–Crippen LogP) is -2.18. The number of imidazole rings is 1. The molecule has 6 N–H and O–H groups in total. The Morgan fingerprint density at radius 1 is 1.38 bits per heavy atom. The van der Waals surface area contributed by atoms with E-state index in [4.69, 9.17) is 16.2 Å². The van der Waals surface area contributed by atoms with Gasteiger partial charge < -0.3 is 26.4 Å². The van der Waals surface area contributed by atoms with Crippen molar-refractivity contribution in [2.75, 3.05) is 5.73 Å². The first kappa shape index (κ1) is 13.7. The van der Waals surface area contributed by atoms with Gasteiger partial charge in [0.15, 0.2) is 23.8 Å². The van der Waals surface area contributed by atoms with Crippen LogP contribution in [-0.2, 0) is 9.53 Å². The molecule has 3 rings (SSSR count). The van der Waals surface area contributed by atoms with Gasteiger partial charge in [0.05, 0.1) is 6.33 Å². The molecule has 2 aromatic rings. The van der Waals surface area contributed by atoms with E-state index in [9.17, 15) is 15.0 Å². The van der Waals surface area contributed by atoms with Crippen molar-refractivity contribution in [3.63, 3.8) is 0 Å². The maximum Gasteiger partial charge on any atom is 0.249 e. The molecule has 0 spiro atoms. The van der Waals surface area contributed by atoms with Crippen LogP contribution >= 0.6 is 0 Å². The van der Waals surface area contributed by atoms with Crippen LogP contribution < -0.4 is 11.5 Å². The van der Waals surface area contributed by atoms with Crippen LogP contribution in [0.4, 0.5) is 5.82 Å². The summed E-state index contributed by atoms with van der Waals surface area (Å²) >= 11 is 0. The number of hydrogen-bond acceptors (Lipinski definition) is 8. The van der Waals surface area contributed by atoms with Crippen LogP contribution in [0.3, 0.4) is 0 Å². The van der Waals surface area contributed by atoms with Crippen LogP contribution in [0, 0.1) is 6.92 Å². The summed E-state index contributed by atoms with van der Waals surface area (Å²) in [5.74, 6) is -0.254. The van der Waals surface area contributed by atoms with Gasteiger partial charge in [-0.25, -0.2) is 15.0 Å². The lowest BCUT2D eigenvalue weighted by Gasteiger charge is -2.16. The van der Waals surface area contributed by atoms with Gasteiger partial charge in [0.25, 0.3) is 0 Å². The first-order valence-electron chi connectivity index (χ1n) is 6.17. The van der Waals surface area contributed by atoms with Crippen molar-refractivity contribution in [1.82, 2.24) is 19.5 Å². The van der Waals surface area contributed by atoms with Crippen molar-refractivity contribution in [1.29, 1.82) is 0 Å². The topological polar surface area (TPSA) is 162 Å². The Morgan fingerprint density at radius 3 is 2.71 bits per heavy atom. The van der Waals surface area contributed by atoms with E-state index in [-0.39, 0.29) is 5.82 Å². The quantitative estimate of drug-likeness (QED) is 0.486. The average molecular weight is 294 g/mol. The van der Waals surface area contributed by atoms with Crippen molar-refractivity contribution < 1.29 is 19.7 Å². The zero-order valence-electron chi connectivity index (χ0n) is 11.0. The summed E-state index contributed by atoms with van der Waals surface area (Å²) in [7, 11) is 0. The first-order valence-corrected chi connectivity index (χ1v) is 6.17. The lowest BCUT2D eigenvalue weighted by atomic mass is 10.1. The Kier molecular flexibility index (Phi) is 3.01. The molecular weight excluding hydrogens is 280 g/mol. The molecule has 1 aliphatic heterocycles. The summed E-state index contributed by atoms with van der Waals surface area (Å²) in [6.45, 7) is 1.65. The van der Waals surface area contributed by atoms with E-state index in [1.807, 2.05) is 0 Å². The fourth-order valence-corrected chi connectivity index (χ4v) is 2.36. The number of rotatable bonds is 2. The van der Waals surface area contributed by atoms with E-state index in [0.29, 0.717) is 17.0 Å². The molecule has 1 unspecified atom stereocenters. The van der Waals surface area contributed by atoms with Crippen molar-refractivity contribution >= 4 is 22.9 Å². The number of carbonyl (C=O) groups excluding carboxylic acids is 1. The maximum absolute atomic E-state index is 11.2. The standard InChI is InChI=1S/C11H14N6O4/c1-3-15-8(12)4-10(16-3)17(2-14-4)11-6(19)5(18)7(21-11)9(13)20/h2,5-7,11,18-19H,1H3,(H2,13,20)(H2,12,15,16)/t5-,6+,7-,11?/m0/s1. The number of fused-ring (bicyclic) bond motifs is 1. The van der Waals surface area contributed by atoms with E-state index >= 15 is 0 Å². The van der Waals surface area contributed by atoms with E-state index in [0.717, 1.165) is 0 Å². The van der Waals surface area contributed by atoms with Crippen molar-refractivity contribution in [2.45, 2.75) is 31.5 Å². The normalized spacial score (nSPS) is 29.1. The highest BCUT2D eigenvalue weighted by Crippen LogP contribution is 2.31. The lowest BCUT2D eigenvalue weighted by molar-refractivity contribution is -0.134. The third-order valence-electron chi connectivity index (χ3n) is 3.35. The highest BCUT2D eigenvalue weighted by molar-refractivity contribution is 5.82. The average Bonchev–Trinajstić information content (AvgIpc) is 2.93. The smallest absolute Gasteiger partial charge is 0.249 e. The molecular formula is C11H14N6O4. The molecule has 0 saturated carbocycles. The number of anilines is 1. The number of aliphatic hydroxyl groups is 2. The number of primary amides is 1. The molecule has 0 bridgehead atoms. The molecule has 3 heterocycles. The zero-order chi connectivity index (χ0) is 15.3. The number of ether oxygens (including phenoxy) is 1. The van der Waals surface area contributed by atoms with Crippen molar-refractivity contribution in [2.24, 2.45) is 5.73 Å². The molecule has 0 aliphatic carbocycles. The second-order valence-corrected chi connectivity index (χ2v) is 4.81. The monoisotopic (exact) mass is 294 g/mol. The number of nitrogens with zero attached hydrogens (tertiary/aromatic N) is 4. The Hall–Kier alpha value is -2.30. The molecule has 10 heteroatoms. The van der Waals surface area contributed by atoms with Crippen molar-refractivity contribution in [3.8, 4) is 0 Å². The Labute approximate surface area is 118 Å². The molecule has 21 heavy (non-hydrogen) atoms. The summed E-state index contributed by atoms with van der Waals surface area (Å²) < 4.78 is 6.71. The molecule has 2 aromatic heterocycles. The third-order valence-corrected chi connectivity index (χ3v) is 3.35. The van der Waals surface area contributed by atoms with Crippen LogP contribution in [0.5, 0.6) is 0 Å². The van der Waals surface area contributed by atoms with Gasteiger partial charge in [-0.1, -0.05) is 0 Å². The second-order valence-electron chi connectivity index (χ2n) is 4.81. The van der Waals surface area contributed by atoms with Crippen LogP contribution in [0.25, 0.3) is 11.2 Å². The van der Waals surface area contributed by atoms with Gasteiger partial charge >= 0.3 is 0 Å². The van der Waals surface area contributed by atoms with Gasteiger partial charge in [0, 0.05) is 0 Å². The number of hydrogen-bond donors (Lipinski definition) is 4. The summed E-state index contributed by atoms with van der Waals surface area (Å²) in [6.07, 6.45) is -3.78. The largest absolute Gasteiger partial charge is 0.387 e. The molecule has 1 fully saturated rings. The minimum atomic E-state index is -1.43. The van der Waals surface area contributed by atoms with Crippen LogP contribution in [-0.4, -0.2) is 54.0 Å². The highest BCUT2D eigenvalue weighted by Gasteiger charge is 2.47. The number of carbonyl (C=O) groups is 1. The Bertz CT molecular complexity index is 716. The molecule has 10 nitrogen and oxygen atoms in total.